The molecule has 0 saturated heterocycles. The van der Waals surface area contributed by atoms with E-state index in [9.17, 15) is 0 Å². The predicted octanol–water partition coefficient (Wildman–Crippen LogP) is 2.78. The van der Waals surface area contributed by atoms with Crippen LogP contribution in [0.2, 0.25) is 0 Å². The van der Waals surface area contributed by atoms with Crippen molar-refractivity contribution in [1.82, 2.24) is 9.97 Å². The summed E-state index contributed by atoms with van der Waals surface area (Å²) in [7, 11) is 0. The van der Waals surface area contributed by atoms with Crippen LogP contribution in [0.4, 0.5) is 0 Å². The van der Waals surface area contributed by atoms with Crippen molar-refractivity contribution < 1.29 is 17.1 Å². The molecule has 2 aromatic carbocycles. The molecule has 3 heteroatoms. The van der Waals surface area contributed by atoms with Crippen LogP contribution in [0.5, 0.6) is 0 Å². The fourth-order valence-corrected chi connectivity index (χ4v) is 1.57. The van der Waals surface area contributed by atoms with Gasteiger partial charge in [-0.15, -0.1) is 0 Å². The summed E-state index contributed by atoms with van der Waals surface area (Å²) in [6.45, 7) is 0. The first-order chi connectivity index (χ1) is 6.93. The number of nitrogens with zero attached hydrogens (tertiary/aromatic N) is 2. The van der Waals surface area contributed by atoms with Crippen molar-refractivity contribution >= 4 is 22.1 Å². The van der Waals surface area contributed by atoms with Gasteiger partial charge in [0.15, 0.2) is 0 Å². The van der Waals surface area contributed by atoms with E-state index in [0.717, 1.165) is 22.1 Å². The van der Waals surface area contributed by atoms with Gasteiger partial charge >= 0.3 is 0 Å². The van der Waals surface area contributed by atoms with Crippen LogP contribution in [-0.4, -0.2) is 9.97 Å². The smallest absolute Gasteiger partial charge is 0.0894 e. The zero-order valence-electron chi connectivity index (χ0n) is 7.87. The summed E-state index contributed by atoms with van der Waals surface area (Å²) in [5.41, 5.74) is 3.80. The van der Waals surface area contributed by atoms with Gasteiger partial charge in [0.2, 0.25) is 0 Å². The predicted molar refractivity (Wildman–Crippen MR) is 57.0 cm³/mol. The number of para-hydroxylation sites is 4. The molecule has 0 bridgehead atoms. The first kappa shape index (κ1) is 10.1. The van der Waals surface area contributed by atoms with Crippen LogP contribution in [0.25, 0.3) is 22.1 Å². The number of hydrogen-bond donors (Lipinski definition) is 0. The molecule has 0 atom stereocenters. The summed E-state index contributed by atoms with van der Waals surface area (Å²) in [6.07, 6.45) is 0. The minimum absolute atomic E-state index is 0. The molecule has 0 fully saturated rings. The minimum Gasteiger partial charge on any atom is -0.245 e. The molecule has 74 valence electrons. The monoisotopic (exact) mass is 236 g/mol. The molecule has 0 saturated carbocycles. The quantitative estimate of drug-likeness (QED) is 0.443. The van der Waals surface area contributed by atoms with Gasteiger partial charge in [0.25, 0.3) is 0 Å². The second-order valence-electron chi connectivity index (χ2n) is 3.20. The fraction of sp³-hybridized carbons (Fsp3) is 0. The standard InChI is InChI=1S/C12H8N2.Fe/c1-2-6-10-9(5-1)13-11-7-3-4-8-12(11)14-10;/h1-8H;. The van der Waals surface area contributed by atoms with E-state index in [1.165, 1.54) is 0 Å². The molecular formula is C12H8FeN2. The number of benzene rings is 2. The van der Waals surface area contributed by atoms with E-state index >= 15 is 0 Å². The summed E-state index contributed by atoms with van der Waals surface area (Å²) in [6, 6.07) is 15.8. The molecule has 0 radical (unpaired) electrons. The van der Waals surface area contributed by atoms with E-state index < -0.39 is 0 Å². The van der Waals surface area contributed by atoms with Crippen molar-refractivity contribution in [3.63, 3.8) is 0 Å². The van der Waals surface area contributed by atoms with Crippen molar-refractivity contribution in [2.24, 2.45) is 0 Å². The Hall–Kier alpha value is -1.44. The Morgan fingerprint density at radius 2 is 0.800 bits per heavy atom. The normalized spacial score (nSPS) is 10.1. The zero-order valence-corrected chi connectivity index (χ0v) is 8.97. The van der Waals surface area contributed by atoms with E-state index in [4.69, 9.17) is 0 Å². The molecule has 1 aromatic heterocycles. The average molecular weight is 236 g/mol. The fourth-order valence-electron chi connectivity index (χ4n) is 1.57. The number of fused-ring (bicyclic) bond motifs is 2. The van der Waals surface area contributed by atoms with Gasteiger partial charge < -0.3 is 0 Å². The molecule has 15 heavy (non-hydrogen) atoms. The van der Waals surface area contributed by atoms with Gasteiger partial charge in [-0.25, -0.2) is 9.97 Å². The first-order valence-electron chi connectivity index (χ1n) is 4.55. The summed E-state index contributed by atoms with van der Waals surface area (Å²) in [4.78, 5) is 9.03. The van der Waals surface area contributed by atoms with Crippen LogP contribution in [-0.2, 0) is 17.1 Å². The van der Waals surface area contributed by atoms with Crippen LogP contribution in [0, 0.1) is 0 Å². The van der Waals surface area contributed by atoms with Crippen LogP contribution >= 0.6 is 0 Å². The Labute approximate surface area is 97.8 Å². The van der Waals surface area contributed by atoms with Crippen molar-refractivity contribution in [2.75, 3.05) is 0 Å². The van der Waals surface area contributed by atoms with Crippen molar-refractivity contribution in [2.45, 2.75) is 0 Å². The average Bonchev–Trinajstić information content (AvgIpc) is 2.26. The van der Waals surface area contributed by atoms with E-state index in [2.05, 4.69) is 9.97 Å². The van der Waals surface area contributed by atoms with Crippen molar-refractivity contribution in [1.29, 1.82) is 0 Å². The molecule has 0 amide bonds. The summed E-state index contributed by atoms with van der Waals surface area (Å²) < 4.78 is 0. The molecule has 2 nitrogen and oxygen atoms in total. The summed E-state index contributed by atoms with van der Waals surface area (Å²) >= 11 is 0. The third-order valence-electron chi connectivity index (χ3n) is 2.25. The molecule has 0 aliphatic rings. The largest absolute Gasteiger partial charge is 0.245 e. The molecule has 0 aliphatic carbocycles. The van der Waals surface area contributed by atoms with E-state index in [1.54, 1.807) is 0 Å². The van der Waals surface area contributed by atoms with E-state index in [0.29, 0.717) is 0 Å². The maximum atomic E-state index is 4.52. The Kier molecular flexibility index (Phi) is 2.67. The molecular weight excluding hydrogens is 228 g/mol. The van der Waals surface area contributed by atoms with Gasteiger partial charge in [-0.1, -0.05) is 24.3 Å². The van der Waals surface area contributed by atoms with Crippen LogP contribution in [0.3, 0.4) is 0 Å². The number of rotatable bonds is 0. The third-order valence-corrected chi connectivity index (χ3v) is 2.25. The molecule has 0 spiro atoms. The molecule has 0 unspecified atom stereocenters. The number of aromatic nitrogens is 2. The first-order valence-corrected chi connectivity index (χ1v) is 4.55. The van der Waals surface area contributed by atoms with Crippen molar-refractivity contribution in [3.8, 4) is 0 Å². The van der Waals surface area contributed by atoms with Crippen LogP contribution < -0.4 is 0 Å². The Bertz CT molecular complexity index is 502. The molecule has 1 heterocycles. The van der Waals surface area contributed by atoms with E-state index in [1.807, 2.05) is 48.5 Å². The van der Waals surface area contributed by atoms with Gasteiger partial charge in [-0.2, -0.15) is 0 Å². The van der Waals surface area contributed by atoms with Gasteiger partial charge in [-0.05, 0) is 24.3 Å². The third kappa shape index (κ3) is 1.72. The molecule has 0 aliphatic heterocycles. The summed E-state index contributed by atoms with van der Waals surface area (Å²) in [5, 5.41) is 0. The maximum Gasteiger partial charge on any atom is 0.0894 e. The Balaban J connectivity index is 0.000000853. The second kappa shape index (κ2) is 3.97. The van der Waals surface area contributed by atoms with Crippen LogP contribution in [0.15, 0.2) is 48.5 Å². The van der Waals surface area contributed by atoms with Crippen molar-refractivity contribution in [3.05, 3.63) is 48.5 Å². The van der Waals surface area contributed by atoms with Gasteiger partial charge in [0.1, 0.15) is 0 Å². The van der Waals surface area contributed by atoms with Crippen LogP contribution in [0.1, 0.15) is 0 Å². The van der Waals surface area contributed by atoms with Gasteiger partial charge in [0.05, 0.1) is 22.1 Å². The topological polar surface area (TPSA) is 25.8 Å². The minimum atomic E-state index is 0. The van der Waals surface area contributed by atoms with Gasteiger partial charge in [0, 0.05) is 17.1 Å². The molecule has 3 aromatic rings. The summed E-state index contributed by atoms with van der Waals surface area (Å²) in [5.74, 6) is 0. The van der Waals surface area contributed by atoms with Gasteiger partial charge in [-0.3, -0.25) is 0 Å². The Morgan fingerprint density at radius 1 is 0.533 bits per heavy atom. The van der Waals surface area contributed by atoms with E-state index in [-0.39, 0.29) is 17.1 Å². The SMILES string of the molecule is [Fe].c1ccc2nc3ccccc3nc2c1. The second-order valence-corrected chi connectivity index (χ2v) is 3.20. The Morgan fingerprint density at radius 3 is 1.07 bits per heavy atom. The molecule has 0 N–H and O–H groups in total. The maximum absolute atomic E-state index is 4.52. The number of hydrogen-bond acceptors (Lipinski definition) is 2. The zero-order chi connectivity index (χ0) is 9.38. The molecule has 3 rings (SSSR count).